The molecule has 0 rings (SSSR count). The molecular weight excluding hydrogens is 211 g/mol. The van der Waals surface area contributed by atoms with Gasteiger partial charge in [-0.15, -0.1) is 0 Å². The monoisotopic (exact) mass is 227 g/mol. The van der Waals surface area contributed by atoms with Crippen molar-refractivity contribution in [2.45, 2.75) is 32.2 Å². The first-order valence-corrected chi connectivity index (χ1v) is 4.45. The molecule has 2 N–H and O–H groups in total. The molecule has 3 unspecified atom stereocenters. The Bertz CT molecular complexity index is 223. The number of esters is 1. The summed E-state index contributed by atoms with van der Waals surface area (Å²) in [7, 11) is 1.02. The first kappa shape index (κ1) is 14.2. The van der Waals surface area contributed by atoms with Gasteiger partial charge in [-0.3, -0.25) is 9.18 Å². The molecule has 0 heterocycles. The van der Waals surface area contributed by atoms with E-state index >= 15 is 0 Å². The van der Waals surface area contributed by atoms with E-state index in [0.29, 0.717) is 0 Å². The van der Waals surface area contributed by atoms with E-state index in [1.54, 1.807) is 0 Å². The summed E-state index contributed by atoms with van der Waals surface area (Å²) in [4.78, 5) is 10.8. The lowest BCUT2D eigenvalue weighted by atomic mass is 9.84. The number of methoxy groups -OCH3 is 1. The standard InChI is InChI=1S/C9H16F3NO2/c1-9(2,4-10)7(12)5(11)6(13)8(14)15-3/h5-7H,4,13H2,1-3H3. The highest BCUT2D eigenvalue weighted by atomic mass is 19.2. The van der Waals surface area contributed by atoms with Gasteiger partial charge in [0.1, 0.15) is 12.2 Å². The molecule has 0 fully saturated rings. The molecule has 0 saturated carbocycles. The summed E-state index contributed by atoms with van der Waals surface area (Å²) in [6.45, 7) is 1.39. The van der Waals surface area contributed by atoms with Crippen LogP contribution in [0.25, 0.3) is 0 Å². The SMILES string of the molecule is COC(=O)C(N)C(F)C(F)C(C)(C)CF. The first-order chi connectivity index (χ1) is 6.77. The fourth-order valence-electron chi connectivity index (χ4n) is 0.953. The zero-order valence-electron chi connectivity index (χ0n) is 8.97. The molecular formula is C9H16F3NO2. The van der Waals surface area contributed by atoms with Crippen molar-refractivity contribution < 1.29 is 22.7 Å². The van der Waals surface area contributed by atoms with Crippen LogP contribution in [0, 0.1) is 5.41 Å². The van der Waals surface area contributed by atoms with Crippen molar-refractivity contribution in [1.82, 2.24) is 0 Å². The summed E-state index contributed by atoms with van der Waals surface area (Å²) < 4.78 is 43.3. The molecule has 0 saturated heterocycles. The Balaban J connectivity index is 4.57. The van der Waals surface area contributed by atoms with E-state index in [2.05, 4.69) is 4.74 Å². The Morgan fingerprint density at radius 2 is 1.93 bits per heavy atom. The Labute approximate surface area is 86.8 Å². The molecule has 6 heteroatoms. The van der Waals surface area contributed by atoms with Crippen LogP contribution in [-0.2, 0) is 9.53 Å². The maximum absolute atomic E-state index is 13.4. The van der Waals surface area contributed by atoms with Crippen LogP contribution >= 0.6 is 0 Å². The highest BCUT2D eigenvalue weighted by Gasteiger charge is 2.42. The summed E-state index contributed by atoms with van der Waals surface area (Å²) in [5, 5.41) is 0. The Hall–Kier alpha value is -0.780. The van der Waals surface area contributed by atoms with Gasteiger partial charge in [-0.1, -0.05) is 13.8 Å². The van der Waals surface area contributed by atoms with Crippen LogP contribution in [0.5, 0.6) is 0 Å². The fourth-order valence-corrected chi connectivity index (χ4v) is 0.953. The largest absolute Gasteiger partial charge is 0.468 e. The third kappa shape index (κ3) is 3.37. The summed E-state index contributed by atoms with van der Waals surface area (Å²) in [6.07, 6.45) is -4.43. The van der Waals surface area contributed by atoms with Gasteiger partial charge < -0.3 is 10.5 Å². The number of ether oxygens (including phenoxy) is 1. The lowest BCUT2D eigenvalue weighted by Crippen LogP contribution is -2.49. The number of halogens is 3. The maximum atomic E-state index is 13.4. The van der Waals surface area contributed by atoms with E-state index in [1.807, 2.05) is 0 Å². The number of hydrogen-bond acceptors (Lipinski definition) is 3. The van der Waals surface area contributed by atoms with Crippen LogP contribution < -0.4 is 5.73 Å². The number of carbonyl (C=O) groups is 1. The molecule has 90 valence electrons. The van der Waals surface area contributed by atoms with Crippen LogP contribution in [0.3, 0.4) is 0 Å². The quantitative estimate of drug-likeness (QED) is 0.717. The number of hydrogen-bond donors (Lipinski definition) is 1. The van der Waals surface area contributed by atoms with Crippen molar-refractivity contribution >= 4 is 5.97 Å². The lowest BCUT2D eigenvalue weighted by Gasteiger charge is -2.29. The lowest BCUT2D eigenvalue weighted by molar-refractivity contribution is -0.145. The Morgan fingerprint density at radius 1 is 1.47 bits per heavy atom. The molecule has 0 aliphatic carbocycles. The molecule has 0 radical (unpaired) electrons. The van der Waals surface area contributed by atoms with Crippen LogP contribution in [0.2, 0.25) is 0 Å². The molecule has 0 aliphatic heterocycles. The minimum atomic E-state index is -2.27. The minimum absolute atomic E-state index is 1.02. The molecule has 0 aromatic rings. The zero-order valence-corrected chi connectivity index (χ0v) is 8.97. The van der Waals surface area contributed by atoms with Crippen molar-refractivity contribution in [3.05, 3.63) is 0 Å². The van der Waals surface area contributed by atoms with Crippen molar-refractivity contribution in [2.24, 2.45) is 11.1 Å². The third-order valence-corrected chi connectivity index (χ3v) is 2.19. The molecule has 0 bridgehead atoms. The van der Waals surface area contributed by atoms with Gasteiger partial charge in [0.25, 0.3) is 0 Å². The smallest absolute Gasteiger partial charge is 0.325 e. The van der Waals surface area contributed by atoms with E-state index in [9.17, 15) is 18.0 Å². The molecule has 3 nitrogen and oxygen atoms in total. The Kier molecular flexibility index (Phi) is 5.07. The molecule has 0 amide bonds. The van der Waals surface area contributed by atoms with Crippen molar-refractivity contribution in [1.29, 1.82) is 0 Å². The van der Waals surface area contributed by atoms with Gasteiger partial charge in [-0.25, -0.2) is 8.78 Å². The number of rotatable bonds is 5. The molecule has 0 spiro atoms. The molecule has 3 atom stereocenters. The fraction of sp³-hybridized carbons (Fsp3) is 0.889. The molecule has 0 aliphatic rings. The second-order valence-electron chi connectivity index (χ2n) is 4.02. The van der Waals surface area contributed by atoms with Gasteiger partial charge >= 0.3 is 5.97 Å². The van der Waals surface area contributed by atoms with Crippen molar-refractivity contribution in [2.75, 3.05) is 13.8 Å². The average Bonchev–Trinajstić information content (AvgIpc) is 2.24. The normalized spacial score (nSPS) is 18.1. The Morgan fingerprint density at radius 3 is 2.27 bits per heavy atom. The van der Waals surface area contributed by atoms with Crippen LogP contribution in [0.15, 0.2) is 0 Å². The number of alkyl halides is 3. The van der Waals surface area contributed by atoms with Gasteiger partial charge in [0, 0.05) is 5.41 Å². The van der Waals surface area contributed by atoms with Crippen LogP contribution in [0.4, 0.5) is 13.2 Å². The third-order valence-electron chi connectivity index (χ3n) is 2.19. The van der Waals surface area contributed by atoms with Gasteiger partial charge in [-0.2, -0.15) is 0 Å². The average molecular weight is 227 g/mol. The van der Waals surface area contributed by atoms with Crippen LogP contribution in [-0.4, -0.2) is 38.1 Å². The van der Waals surface area contributed by atoms with Crippen molar-refractivity contribution in [3.63, 3.8) is 0 Å². The summed E-state index contributed by atoms with van der Waals surface area (Å²) >= 11 is 0. The molecule has 15 heavy (non-hydrogen) atoms. The van der Waals surface area contributed by atoms with Gasteiger partial charge in [0.2, 0.25) is 0 Å². The van der Waals surface area contributed by atoms with E-state index in [0.717, 1.165) is 7.11 Å². The first-order valence-electron chi connectivity index (χ1n) is 4.45. The van der Waals surface area contributed by atoms with E-state index in [-0.39, 0.29) is 0 Å². The van der Waals surface area contributed by atoms with E-state index in [1.165, 1.54) is 13.8 Å². The van der Waals surface area contributed by atoms with Gasteiger partial charge in [-0.05, 0) is 0 Å². The predicted octanol–water partition coefficient (Wildman–Crippen LogP) is 1.16. The van der Waals surface area contributed by atoms with E-state index in [4.69, 9.17) is 5.73 Å². The predicted molar refractivity (Wildman–Crippen MR) is 49.5 cm³/mol. The van der Waals surface area contributed by atoms with Gasteiger partial charge in [0.05, 0.1) is 13.8 Å². The van der Waals surface area contributed by atoms with Crippen molar-refractivity contribution in [3.8, 4) is 0 Å². The van der Waals surface area contributed by atoms with Gasteiger partial charge in [0.15, 0.2) is 6.17 Å². The number of carbonyl (C=O) groups excluding carboxylic acids is 1. The van der Waals surface area contributed by atoms with E-state index < -0.39 is 36.4 Å². The highest BCUT2D eigenvalue weighted by Crippen LogP contribution is 2.29. The highest BCUT2D eigenvalue weighted by molar-refractivity contribution is 5.76. The molecule has 0 aromatic carbocycles. The second-order valence-corrected chi connectivity index (χ2v) is 4.02. The minimum Gasteiger partial charge on any atom is -0.468 e. The zero-order chi connectivity index (χ0) is 12.2. The second kappa shape index (κ2) is 5.34. The summed E-state index contributed by atoms with van der Waals surface area (Å²) in [5.74, 6) is -1.06. The number of nitrogens with two attached hydrogens (primary N) is 1. The van der Waals surface area contributed by atoms with Crippen LogP contribution in [0.1, 0.15) is 13.8 Å². The topological polar surface area (TPSA) is 52.3 Å². The maximum Gasteiger partial charge on any atom is 0.325 e. The molecule has 0 aromatic heterocycles. The summed E-state index contributed by atoms with van der Waals surface area (Å²) in [6, 6.07) is -1.73. The summed E-state index contributed by atoms with van der Waals surface area (Å²) in [5.41, 5.74) is 3.60.